The summed E-state index contributed by atoms with van der Waals surface area (Å²) < 4.78 is 0. The van der Waals surface area contributed by atoms with E-state index in [1.54, 1.807) is 18.2 Å². The van der Waals surface area contributed by atoms with Crippen LogP contribution in [0.4, 0.5) is 11.4 Å². The molecule has 1 rings (SSSR count). The van der Waals surface area contributed by atoms with Crippen LogP contribution in [0.15, 0.2) is 23.9 Å². The Morgan fingerprint density at radius 3 is 2.38 bits per heavy atom. The van der Waals surface area contributed by atoms with Gasteiger partial charge in [-0.25, -0.2) is 0 Å². The zero-order chi connectivity index (χ0) is 16.2. The van der Waals surface area contributed by atoms with E-state index in [0.29, 0.717) is 0 Å². The first kappa shape index (κ1) is 16.5. The molecule has 0 spiro atoms. The molecule has 1 aromatic rings. The average Bonchev–Trinajstić information content (AvgIpc) is 2.39. The molecule has 1 N–H and O–H groups in total. The average molecular weight is 305 g/mol. The number of benzene rings is 1. The van der Waals surface area contributed by atoms with Crippen LogP contribution in [0.3, 0.4) is 0 Å². The summed E-state index contributed by atoms with van der Waals surface area (Å²) in [6, 6.07) is 6.36. The minimum Gasteiger partial charge on any atom is -0.353 e. The van der Waals surface area contributed by atoms with E-state index in [4.69, 9.17) is 22.1 Å². The molecule has 0 aliphatic carbocycles. The van der Waals surface area contributed by atoms with Gasteiger partial charge in [0.1, 0.15) is 23.4 Å². The highest BCUT2D eigenvalue weighted by Gasteiger charge is 2.23. The Labute approximate surface area is 127 Å². The third-order valence-electron chi connectivity index (χ3n) is 2.73. The molecule has 0 saturated heterocycles. The van der Waals surface area contributed by atoms with Crippen molar-refractivity contribution in [1.29, 1.82) is 10.5 Å². The molecular weight excluding hydrogens is 292 g/mol. The van der Waals surface area contributed by atoms with Crippen molar-refractivity contribution in [2.24, 2.45) is 0 Å². The van der Waals surface area contributed by atoms with Crippen LogP contribution in [-0.4, -0.2) is 4.92 Å². The molecule has 0 unspecified atom stereocenters. The van der Waals surface area contributed by atoms with Gasteiger partial charge in [-0.1, -0.05) is 32.4 Å². The van der Waals surface area contributed by atoms with Gasteiger partial charge in [-0.2, -0.15) is 10.5 Å². The fraction of sp³-hybridized carbons (Fsp3) is 0.286. The van der Waals surface area contributed by atoms with Crippen LogP contribution in [-0.2, 0) is 5.41 Å². The summed E-state index contributed by atoms with van der Waals surface area (Å²) in [4.78, 5) is 10.6. The maximum Gasteiger partial charge on any atom is 0.294 e. The molecule has 0 aromatic heterocycles. The predicted octanol–water partition coefficient (Wildman–Crippen LogP) is 3.89. The number of hydrogen-bond donors (Lipinski definition) is 1. The Kier molecular flexibility index (Phi) is 4.91. The van der Waals surface area contributed by atoms with Gasteiger partial charge < -0.3 is 5.32 Å². The number of nitrogens with one attached hydrogen (secondary N) is 1. The van der Waals surface area contributed by atoms with Crippen molar-refractivity contribution in [2.75, 3.05) is 5.32 Å². The van der Waals surface area contributed by atoms with Crippen LogP contribution < -0.4 is 5.32 Å². The van der Waals surface area contributed by atoms with Gasteiger partial charge in [-0.3, -0.25) is 10.1 Å². The van der Waals surface area contributed by atoms with Crippen LogP contribution >= 0.6 is 11.6 Å². The Bertz CT molecular complexity index is 675. The van der Waals surface area contributed by atoms with Gasteiger partial charge in [-0.15, -0.1) is 0 Å². The van der Waals surface area contributed by atoms with Crippen molar-refractivity contribution >= 4 is 23.0 Å². The summed E-state index contributed by atoms with van der Waals surface area (Å²) in [5, 5.41) is 31.2. The van der Waals surface area contributed by atoms with Crippen molar-refractivity contribution in [3.63, 3.8) is 0 Å². The molecule has 0 fully saturated rings. The summed E-state index contributed by atoms with van der Waals surface area (Å²) in [6.45, 7) is 5.75. The van der Waals surface area contributed by atoms with Gasteiger partial charge in [0.25, 0.3) is 5.69 Å². The summed E-state index contributed by atoms with van der Waals surface area (Å²) in [5.74, 6) is 0. The highest BCUT2D eigenvalue weighted by molar-refractivity contribution is 6.34. The second-order valence-corrected chi connectivity index (χ2v) is 5.69. The highest BCUT2D eigenvalue weighted by atomic mass is 35.5. The Hall–Kier alpha value is -2.57. The molecule has 0 aliphatic rings. The minimum atomic E-state index is -0.560. The summed E-state index contributed by atoms with van der Waals surface area (Å²) in [7, 11) is 0. The Balaban J connectivity index is 3.41. The first-order valence-electron chi connectivity index (χ1n) is 5.96. The van der Waals surface area contributed by atoms with E-state index in [-0.39, 0.29) is 27.4 Å². The first-order chi connectivity index (χ1) is 9.70. The maximum absolute atomic E-state index is 11.2. The first-order valence-corrected chi connectivity index (χ1v) is 6.33. The van der Waals surface area contributed by atoms with Gasteiger partial charge >= 0.3 is 0 Å². The van der Waals surface area contributed by atoms with E-state index < -0.39 is 4.92 Å². The quantitative estimate of drug-likeness (QED) is 0.518. The third-order valence-corrected chi connectivity index (χ3v) is 3.03. The van der Waals surface area contributed by atoms with Gasteiger partial charge in [-0.05, 0) is 17.0 Å². The number of nitro benzene ring substituents is 1. The zero-order valence-electron chi connectivity index (χ0n) is 11.8. The van der Waals surface area contributed by atoms with E-state index in [1.165, 1.54) is 6.07 Å². The van der Waals surface area contributed by atoms with Crippen molar-refractivity contribution < 1.29 is 4.92 Å². The fourth-order valence-electron chi connectivity index (χ4n) is 1.55. The monoisotopic (exact) mass is 304 g/mol. The molecule has 1 aromatic carbocycles. The number of allylic oxidation sites excluding steroid dienone is 1. The number of nitro groups is 1. The number of rotatable bonds is 3. The third kappa shape index (κ3) is 3.95. The van der Waals surface area contributed by atoms with Crippen LogP contribution in [0.1, 0.15) is 26.3 Å². The second-order valence-electron chi connectivity index (χ2n) is 5.29. The standard InChI is InChI=1S/C14H13ClN4O2/c1-14(2,3)10-4-11(15)13(12(5-10)19(20)21)18-8-9(6-16)7-17/h4-5,8,18H,1-3H3. The largest absolute Gasteiger partial charge is 0.353 e. The van der Waals surface area contributed by atoms with Crippen molar-refractivity contribution in [3.05, 3.63) is 44.6 Å². The fourth-order valence-corrected chi connectivity index (χ4v) is 1.81. The molecule has 0 amide bonds. The lowest BCUT2D eigenvalue weighted by Crippen LogP contribution is -2.12. The summed E-state index contributed by atoms with van der Waals surface area (Å²) in [6.07, 6.45) is 1.09. The molecule has 108 valence electrons. The SMILES string of the molecule is CC(C)(C)c1cc(Cl)c(NC=C(C#N)C#N)c([N+](=O)[O-])c1. The maximum atomic E-state index is 11.2. The molecule has 6 nitrogen and oxygen atoms in total. The zero-order valence-corrected chi connectivity index (χ0v) is 12.5. The van der Waals surface area contributed by atoms with Gasteiger partial charge in [0.15, 0.2) is 0 Å². The van der Waals surface area contributed by atoms with Crippen LogP contribution in [0, 0.1) is 32.8 Å². The van der Waals surface area contributed by atoms with E-state index >= 15 is 0 Å². The van der Waals surface area contributed by atoms with Crippen molar-refractivity contribution in [2.45, 2.75) is 26.2 Å². The summed E-state index contributed by atoms with van der Waals surface area (Å²) >= 11 is 6.09. The number of anilines is 1. The topological polar surface area (TPSA) is 103 Å². The van der Waals surface area contributed by atoms with Crippen LogP contribution in [0.2, 0.25) is 5.02 Å². The number of nitrogens with zero attached hydrogens (tertiary/aromatic N) is 3. The van der Waals surface area contributed by atoms with Crippen LogP contribution in [0.25, 0.3) is 0 Å². The van der Waals surface area contributed by atoms with Crippen LogP contribution in [0.5, 0.6) is 0 Å². The van der Waals surface area contributed by atoms with E-state index in [0.717, 1.165) is 11.8 Å². The van der Waals surface area contributed by atoms with E-state index in [1.807, 2.05) is 20.8 Å². The molecule has 7 heteroatoms. The lowest BCUT2D eigenvalue weighted by atomic mass is 9.86. The van der Waals surface area contributed by atoms with Gasteiger partial charge in [0.05, 0.1) is 9.95 Å². The molecule has 0 radical (unpaired) electrons. The molecule has 0 bridgehead atoms. The van der Waals surface area contributed by atoms with Crippen molar-refractivity contribution in [3.8, 4) is 12.1 Å². The highest BCUT2D eigenvalue weighted by Crippen LogP contribution is 2.37. The number of nitriles is 2. The second kappa shape index (κ2) is 6.25. The van der Waals surface area contributed by atoms with E-state index in [2.05, 4.69) is 5.32 Å². The molecule has 0 heterocycles. The number of hydrogen-bond acceptors (Lipinski definition) is 5. The number of halogens is 1. The lowest BCUT2D eigenvalue weighted by Gasteiger charge is -2.20. The predicted molar refractivity (Wildman–Crippen MR) is 79.7 cm³/mol. The van der Waals surface area contributed by atoms with Gasteiger partial charge in [0, 0.05) is 12.3 Å². The molecule has 0 atom stereocenters. The van der Waals surface area contributed by atoms with E-state index in [9.17, 15) is 10.1 Å². The molecular formula is C14H13ClN4O2. The lowest BCUT2D eigenvalue weighted by molar-refractivity contribution is -0.384. The van der Waals surface area contributed by atoms with Crippen molar-refractivity contribution in [1.82, 2.24) is 0 Å². The minimum absolute atomic E-state index is 0.0534. The van der Waals surface area contributed by atoms with Gasteiger partial charge in [0.2, 0.25) is 0 Å². The molecule has 0 saturated carbocycles. The Morgan fingerprint density at radius 1 is 1.38 bits per heavy atom. The molecule has 21 heavy (non-hydrogen) atoms. The molecule has 0 aliphatic heterocycles. The normalized spacial score (nSPS) is 10.2. The Morgan fingerprint density at radius 2 is 1.95 bits per heavy atom. The summed E-state index contributed by atoms with van der Waals surface area (Å²) in [5.41, 5.74) is 0.0547. The smallest absolute Gasteiger partial charge is 0.294 e.